The Bertz CT molecular complexity index is 572. The number of likely N-dealkylation sites (tertiary alicyclic amines) is 1. The molecule has 1 saturated heterocycles. The highest BCUT2D eigenvalue weighted by Gasteiger charge is 2.25. The first-order valence-electron chi connectivity index (χ1n) is 8.64. The quantitative estimate of drug-likeness (QED) is 0.761. The number of halogens is 2. The van der Waals surface area contributed by atoms with Gasteiger partial charge >= 0.3 is 0 Å². The summed E-state index contributed by atoms with van der Waals surface area (Å²) in [6.45, 7) is 2.92. The third kappa shape index (κ3) is 5.55. The van der Waals surface area contributed by atoms with Gasteiger partial charge in [0.25, 0.3) is 0 Å². The zero-order valence-electron chi connectivity index (χ0n) is 13.8. The molecule has 1 N–H and O–H groups in total. The average Bonchev–Trinajstić information content (AvgIpc) is 3.40. The van der Waals surface area contributed by atoms with Gasteiger partial charge in [0.2, 0.25) is 5.91 Å². The van der Waals surface area contributed by atoms with Crippen LogP contribution in [-0.2, 0) is 10.5 Å². The number of nitrogens with one attached hydrogen (secondary N) is 1. The van der Waals surface area contributed by atoms with Gasteiger partial charge in [-0.25, -0.2) is 0 Å². The molecule has 1 aromatic rings. The summed E-state index contributed by atoms with van der Waals surface area (Å²) in [4.78, 5) is 14.3. The summed E-state index contributed by atoms with van der Waals surface area (Å²) in [5.74, 6) is 2.41. The predicted octanol–water partition coefficient (Wildman–Crippen LogP) is 4.22. The summed E-state index contributed by atoms with van der Waals surface area (Å²) in [7, 11) is 0. The Morgan fingerprint density at radius 3 is 2.62 bits per heavy atom. The lowest BCUT2D eigenvalue weighted by atomic mass is 10.0. The van der Waals surface area contributed by atoms with Crippen molar-refractivity contribution in [3.8, 4) is 0 Å². The smallest absolute Gasteiger partial charge is 0.232 e. The van der Waals surface area contributed by atoms with Crippen LogP contribution in [0.1, 0.15) is 31.2 Å². The summed E-state index contributed by atoms with van der Waals surface area (Å²) in [5.41, 5.74) is 1.03. The van der Waals surface area contributed by atoms with Crippen LogP contribution in [0.4, 0.5) is 0 Å². The number of hydrogen-bond donors (Lipinski definition) is 1. The van der Waals surface area contributed by atoms with Crippen LogP contribution >= 0.6 is 35.0 Å². The van der Waals surface area contributed by atoms with Crippen molar-refractivity contribution in [3.63, 3.8) is 0 Å². The molecule has 3 nitrogen and oxygen atoms in total. The van der Waals surface area contributed by atoms with E-state index < -0.39 is 0 Å². The molecule has 3 rings (SSSR count). The fourth-order valence-corrected chi connectivity index (χ4v) is 4.45. The maximum absolute atomic E-state index is 12.3. The van der Waals surface area contributed by atoms with E-state index in [0.29, 0.717) is 21.8 Å². The van der Waals surface area contributed by atoms with E-state index >= 15 is 0 Å². The van der Waals surface area contributed by atoms with Crippen molar-refractivity contribution in [2.24, 2.45) is 5.92 Å². The molecule has 0 aromatic heterocycles. The van der Waals surface area contributed by atoms with Crippen molar-refractivity contribution in [1.29, 1.82) is 0 Å². The number of carbonyl (C=O) groups excluding carboxylic acids is 1. The second kappa shape index (κ2) is 8.79. The molecular formula is C18H24Cl2N2OS. The molecule has 2 aliphatic rings. The highest BCUT2D eigenvalue weighted by Crippen LogP contribution is 2.28. The fraction of sp³-hybridized carbons (Fsp3) is 0.611. The van der Waals surface area contributed by atoms with Crippen LogP contribution < -0.4 is 5.32 Å². The summed E-state index contributed by atoms with van der Waals surface area (Å²) in [6, 6.07) is 6.11. The maximum Gasteiger partial charge on any atom is 0.232 e. The first kappa shape index (κ1) is 18.4. The second-order valence-electron chi connectivity index (χ2n) is 6.74. The molecule has 2 fully saturated rings. The molecule has 1 aliphatic heterocycles. The molecule has 1 saturated carbocycles. The summed E-state index contributed by atoms with van der Waals surface area (Å²) in [5, 5.41) is 4.96. The van der Waals surface area contributed by atoms with Crippen LogP contribution in [0, 0.1) is 5.92 Å². The van der Waals surface area contributed by atoms with Crippen LogP contribution in [0.5, 0.6) is 0 Å². The van der Waals surface area contributed by atoms with Crippen molar-refractivity contribution in [2.45, 2.75) is 37.5 Å². The molecule has 0 radical (unpaired) electrons. The fourth-order valence-electron chi connectivity index (χ4n) is 2.97. The Labute approximate surface area is 158 Å². The molecule has 24 heavy (non-hydrogen) atoms. The average molecular weight is 387 g/mol. The Kier molecular flexibility index (Phi) is 6.73. The van der Waals surface area contributed by atoms with E-state index in [2.05, 4.69) is 5.32 Å². The standard InChI is InChI=1S/C18H24Cl2N2OS/c19-15-4-3-14(17(20)9-15)11-24-12-18(23)22-7-5-16(6-8-22)21-10-13-1-2-13/h3-4,9,13,16,21H,1-2,5-8,10-12H2. The van der Waals surface area contributed by atoms with Crippen molar-refractivity contribution in [3.05, 3.63) is 33.8 Å². The van der Waals surface area contributed by atoms with E-state index in [1.165, 1.54) is 12.8 Å². The first-order chi connectivity index (χ1) is 11.6. The summed E-state index contributed by atoms with van der Waals surface area (Å²) in [6.07, 6.45) is 4.93. The van der Waals surface area contributed by atoms with Gasteiger partial charge in [-0.05, 0) is 55.8 Å². The van der Waals surface area contributed by atoms with Gasteiger partial charge in [-0.2, -0.15) is 0 Å². The molecule has 132 valence electrons. The summed E-state index contributed by atoms with van der Waals surface area (Å²) >= 11 is 13.7. The normalized spacial score (nSPS) is 18.8. The van der Waals surface area contributed by atoms with E-state index in [-0.39, 0.29) is 5.91 Å². The van der Waals surface area contributed by atoms with Crippen LogP contribution in [-0.4, -0.2) is 42.2 Å². The molecule has 1 heterocycles. The number of benzene rings is 1. The van der Waals surface area contributed by atoms with E-state index in [0.717, 1.165) is 49.7 Å². The van der Waals surface area contributed by atoms with Gasteiger partial charge in [0.1, 0.15) is 0 Å². The minimum absolute atomic E-state index is 0.241. The van der Waals surface area contributed by atoms with Gasteiger partial charge in [0, 0.05) is 34.9 Å². The SMILES string of the molecule is O=C(CSCc1ccc(Cl)cc1Cl)N1CCC(NCC2CC2)CC1. The minimum Gasteiger partial charge on any atom is -0.342 e. The Hall–Kier alpha value is -0.420. The molecule has 6 heteroatoms. The van der Waals surface area contributed by atoms with Crippen LogP contribution in [0.25, 0.3) is 0 Å². The van der Waals surface area contributed by atoms with Gasteiger partial charge in [-0.1, -0.05) is 29.3 Å². The van der Waals surface area contributed by atoms with Gasteiger partial charge in [0.15, 0.2) is 0 Å². The Balaban J connectivity index is 1.34. The molecular weight excluding hydrogens is 363 g/mol. The van der Waals surface area contributed by atoms with Crippen LogP contribution in [0.3, 0.4) is 0 Å². The number of amides is 1. The monoisotopic (exact) mass is 386 g/mol. The first-order valence-corrected chi connectivity index (χ1v) is 10.6. The predicted molar refractivity (Wildman–Crippen MR) is 103 cm³/mol. The number of thioether (sulfide) groups is 1. The van der Waals surface area contributed by atoms with Crippen molar-refractivity contribution in [1.82, 2.24) is 10.2 Å². The lowest BCUT2D eigenvalue weighted by Gasteiger charge is -2.32. The number of hydrogen-bond acceptors (Lipinski definition) is 3. The van der Waals surface area contributed by atoms with Crippen LogP contribution in [0.2, 0.25) is 10.0 Å². The number of carbonyl (C=O) groups is 1. The largest absolute Gasteiger partial charge is 0.342 e. The second-order valence-corrected chi connectivity index (χ2v) is 8.56. The number of nitrogens with zero attached hydrogens (tertiary/aromatic N) is 1. The lowest BCUT2D eigenvalue weighted by Crippen LogP contribution is -2.45. The summed E-state index contributed by atoms with van der Waals surface area (Å²) < 4.78 is 0. The van der Waals surface area contributed by atoms with Crippen molar-refractivity contribution < 1.29 is 4.79 Å². The van der Waals surface area contributed by atoms with E-state index in [1.54, 1.807) is 17.8 Å². The molecule has 1 aliphatic carbocycles. The highest BCUT2D eigenvalue weighted by molar-refractivity contribution is 7.99. The Morgan fingerprint density at radius 1 is 1.21 bits per heavy atom. The molecule has 1 amide bonds. The van der Waals surface area contributed by atoms with Gasteiger partial charge in [0.05, 0.1) is 5.75 Å². The Morgan fingerprint density at radius 2 is 1.96 bits per heavy atom. The van der Waals surface area contributed by atoms with Crippen LogP contribution in [0.15, 0.2) is 18.2 Å². The maximum atomic E-state index is 12.3. The third-order valence-electron chi connectivity index (χ3n) is 4.74. The van der Waals surface area contributed by atoms with Gasteiger partial charge in [-0.3, -0.25) is 4.79 Å². The molecule has 0 spiro atoms. The topological polar surface area (TPSA) is 32.3 Å². The third-order valence-corrected chi connectivity index (χ3v) is 6.29. The zero-order chi connectivity index (χ0) is 16.9. The number of piperidine rings is 1. The van der Waals surface area contributed by atoms with E-state index in [4.69, 9.17) is 23.2 Å². The minimum atomic E-state index is 0.241. The van der Waals surface area contributed by atoms with E-state index in [9.17, 15) is 4.79 Å². The van der Waals surface area contributed by atoms with Crippen molar-refractivity contribution >= 4 is 40.9 Å². The van der Waals surface area contributed by atoms with E-state index in [1.807, 2.05) is 17.0 Å². The lowest BCUT2D eigenvalue weighted by molar-refractivity contribution is -0.129. The molecule has 1 aromatic carbocycles. The van der Waals surface area contributed by atoms with Crippen molar-refractivity contribution in [2.75, 3.05) is 25.4 Å². The van der Waals surface area contributed by atoms with Gasteiger partial charge in [-0.15, -0.1) is 11.8 Å². The van der Waals surface area contributed by atoms with Gasteiger partial charge < -0.3 is 10.2 Å². The zero-order valence-corrected chi connectivity index (χ0v) is 16.1. The highest BCUT2D eigenvalue weighted by atomic mass is 35.5. The molecule has 0 unspecified atom stereocenters. The molecule has 0 atom stereocenters. The number of rotatable bonds is 7. The molecule has 0 bridgehead atoms.